The number of carbonyl (C=O) groups is 1. The predicted molar refractivity (Wildman–Crippen MR) is 93.9 cm³/mol. The van der Waals surface area contributed by atoms with E-state index in [1.807, 2.05) is 36.1 Å². The van der Waals surface area contributed by atoms with Crippen molar-refractivity contribution in [3.63, 3.8) is 0 Å². The van der Waals surface area contributed by atoms with Crippen LogP contribution in [0.4, 0.5) is 0 Å². The Labute approximate surface area is 144 Å². The molecule has 3 rings (SSSR count). The van der Waals surface area contributed by atoms with E-state index in [4.69, 9.17) is 0 Å². The van der Waals surface area contributed by atoms with Gasteiger partial charge in [0.25, 0.3) is 0 Å². The molecule has 1 aromatic carbocycles. The van der Waals surface area contributed by atoms with Crippen molar-refractivity contribution in [1.82, 2.24) is 9.21 Å². The highest BCUT2D eigenvalue weighted by atomic mass is 32.2. The lowest BCUT2D eigenvalue weighted by Gasteiger charge is -2.30. The van der Waals surface area contributed by atoms with E-state index in [1.165, 1.54) is 0 Å². The van der Waals surface area contributed by atoms with Gasteiger partial charge in [-0.15, -0.1) is 0 Å². The molecule has 1 heterocycles. The number of rotatable bonds is 6. The first-order chi connectivity index (χ1) is 11.4. The number of hydrogen-bond donors (Lipinski definition) is 0. The standard InChI is InChI=1S/C18H26N2O3S/c1-14-6-3-4-7-16(14)13-24(22,23)20-11-5-8-18(20)12-19(15(2)21)17-9-10-17/h3-4,6-7,17-18H,5,8-13H2,1-2H3. The van der Waals surface area contributed by atoms with Crippen LogP contribution in [-0.2, 0) is 20.6 Å². The molecule has 1 unspecified atom stereocenters. The Balaban J connectivity index is 1.74. The zero-order chi connectivity index (χ0) is 17.3. The number of benzene rings is 1. The molecule has 1 atom stereocenters. The smallest absolute Gasteiger partial charge is 0.219 e. The Morgan fingerprint density at radius 3 is 2.58 bits per heavy atom. The Bertz CT molecular complexity index is 713. The molecule has 0 aromatic heterocycles. The molecular weight excluding hydrogens is 324 g/mol. The number of carbonyl (C=O) groups excluding carboxylic acids is 1. The molecule has 1 amide bonds. The second kappa shape index (κ2) is 6.84. The minimum atomic E-state index is -3.37. The van der Waals surface area contributed by atoms with Gasteiger partial charge in [0.15, 0.2) is 0 Å². The summed E-state index contributed by atoms with van der Waals surface area (Å²) in [7, 11) is -3.37. The largest absolute Gasteiger partial charge is 0.338 e. The third kappa shape index (κ3) is 3.81. The van der Waals surface area contributed by atoms with Gasteiger partial charge in [-0.1, -0.05) is 24.3 Å². The molecule has 0 radical (unpaired) electrons. The summed E-state index contributed by atoms with van der Waals surface area (Å²) in [4.78, 5) is 13.7. The van der Waals surface area contributed by atoms with E-state index in [9.17, 15) is 13.2 Å². The second-order valence-electron chi connectivity index (χ2n) is 6.99. The van der Waals surface area contributed by atoms with Crippen molar-refractivity contribution >= 4 is 15.9 Å². The third-order valence-corrected chi connectivity index (χ3v) is 6.95. The van der Waals surface area contributed by atoms with Crippen molar-refractivity contribution in [3.8, 4) is 0 Å². The Hall–Kier alpha value is -1.40. The fourth-order valence-corrected chi connectivity index (χ4v) is 5.47. The van der Waals surface area contributed by atoms with Gasteiger partial charge in [-0.05, 0) is 43.7 Å². The molecule has 24 heavy (non-hydrogen) atoms. The van der Waals surface area contributed by atoms with E-state index in [2.05, 4.69) is 0 Å². The van der Waals surface area contributed by atoms with E-state index in [-0.39, 0.29) is 17.7 Å². The van der Waals surface area contributed by atoms with Crippen LogP contribution in [0.15, 0.2) is 24.3 Å². The van der Waals surface area contributed by atoms with Crippen LogP contribution >= 0.6 is 0 Å². The van der Waals surface area contributed by atoms with Gasteiger partial charge in [0.05, 0.1) is 5.75 Å². The van der Waals surface area contributed by atoms with Crippen molar-refractivity contribution in [3.05, 3.63) is 35.4 Å². The molecule has 2 aliphatic rings. The first-order valence-electron chi connectivity index (χ1n) is 8.70. The second-order valence-corrected chi connectivity index (χ2v) is 8.91. The summed E-state index contributed by atoms with van der Waals surface area (Å²) in [6.07, 6.45) is 3.79. The summed E-state index contributed by atoms with van der Waals surface area (Å²) < 4.78 is 27.5. The maximum Gasteiger partial charge on any atom is 0.219 e. The molecule has 0 spiro atoms. The Kier molecular flexibility index (Phi) is 4.97. The SMILES string of the molecule is CC(=O)N(CC1CCCN1S(=O)(=O)Cc1ccccc1C)C1CC1. The molecule has 0 N–H and O–H groups in total. The minimum Gasteiger partial charge on any atom is -0.338 e. The van der Waals surface area contributed by atoms with E-state index in [0.29, 0.717) is 19.1 Å². The van der Waals surface area contributed by atoms with Gasteiger partial charge in [-0.3, -0.25) is 4.79 Å². The third-order valence-electron chi connectivity index (χ3n) is 5.08. The minimum absolute atomic E-state index is 0.0413. The molecule has 132 valence electrons. The van der Waals surface area contributed by atoms with Crippen LogP contribution in [0, 0.1) is 6.92 Å². The van der Waals surface area contributed by atoms with Gasteiger partial charge in [-0.25, -0.2) is 8.42 Å². The fraction of sp³-hybridized carbons (Fsp3) is 0.611. The summed E-state index contributed by atoms with van der Waals surface area (Å²) >= 11 is 0. The zero-order valence-electron chi connectivity index (χ0n) is 14.4. The van der Waals surface area contributed by atoms with Gasteiger partial charge in [0, 0.05) is 32.1 Å². The number of hydrogen-bond acceptors (Lipinski definition) is 3. The predicted octanol–water partition coefficient (Wildman–Crippen LogP) is 2.30. The monoisotopic (exact) mass is 350 g/mol. The highest BCUT2D eigenvalue weighted by molar-refractivity contribution is 7.88. The Morgan fingerprint density at radius 1 is 1.25 bits per heavy atom. The van der Waals surface area contributed by atoms with Gasteiger partial charge in [-0.2, -0.15) is 4.31 Å². The first-order valence-corrected chi connectivity index (χ1v) is 10.3. The quantitative estimate of drug-likeness (QED) is 0.791. The highest BCUT2D eigenvalue weighted by Gasteiger charge is 2.39. The van der Waals surface area contributed by atoms with E-state index >= 15 is 0 Å². The lowest BCUT2D eigenvalue weighted by Crippen LogP contribution is -2.45. The van der Waals surface area contributed by atoms with Crippen LogP contribution in [0.2, 0.25) is 0 Å². The van der Waals surface area contributed by atoms with Crippen molar-refractivity contribution in [2.45, 2.75) is 57.4 Å². The summed E-state index contributed by atoms with van der Waals surface area (Å²) in [6, 6.07) is 7.86. The average molecular weight is 350 g/mol. The first kappa shape index (κ1) is 17.4. The molecule has 1 aromatic rings. The van der Waals surface area contributed by atoms with Gasteiger partial charge >= 0.3 is 0 Å². The van der Waals surface area contributed by atoms with Crippen molar-refractivity contribution < 1.29 is 13.2 Å². The summed E-state index contributed by atoms with van der Waals surface area (Å²) in [5.41, 5.74) is 1.86. The molecule has 5 nitrogen and oxygen atoms in total. The van der Waals surface area contributed by atoms with Crippen LogP contribution in [0.5, 0.6) is 0 Å². The summed E-state index contributed by atoms with van der Waals surface area (Å²) in [5.74, 6) is 0.0975. The van der Waals surface area contributed by atoms with Crippen LogP contribution in [0.3, 0.4) is 0 Å². The lowest BCUT2D eigenvalue weighted by atomic mass is 10.1. The van der Waals surface area contributed by atoms with Crippen LogP contribution in [0.25, 0.3) is 0 Å². The van der Waals surface area contributed by atoms with Crippen LogP contribution < -0.4 is 0 Å². The number of nitrogens with zero attached hydrogens (tertiary/aromatic N) is 2. The van der Waals surface area contributed by atoms with E-state index in [1.54, 1.807) is 11.2 Å². The fourth-order valence-electron chi connectivity index (χ4n) is 3.56. The van der Waals surface area contributed by atoms with Gasteiger partial charge < -0.3 is 4.90 Å². The van der Waals surface area contributed by atoms with Crippen molar-refractivity contribution in [2.75, 3.05) is 13.1 Å². The topological polar surface area (TPSA) is 57.7 Å². The van der Waals surface area contributed by atoms with Crippen LogP contribution in [-0.4, -0.2) is 48.7 Å². The molecule has 2 fully saturated rings. The van der Waals surface area contributed by atoms with Gasteiger partial charge in [0.2, 0.25) is 15.9 Å². The molecule has 1 saturated heterocycles. The molecule has 6 heteroatoms. The molecule has 1 aliphatic heterocycles. The summed E-state index contributed by atoms with van der Waals surface area (Å²) in [6.45, 7) is 4.62. The molecule has 0 bridgehead atoms. The number of sulfonamides is 1. The highest BCUT2D eigenvalue weighted by Crippen LogP contribution is 2.30. The normalized spacial score (nSPS) is 21.8. The zero-order valence-corrected chi connectivity index (χ0v) is 15.3. The lowest BCUT2D eigenvalue weighted by molar-refractivity contribution is -0.129. The van der Waals surface area contributed by atoms with E-state index < -0.39 is 10.0 Å². The van der Waals surface area contributed by atoms with E-state index in [0.717, 1.165) is 36.8 Å². The van der Waals surface area contributed by atoms with Crippen molar-refractivity contribution in [1.29, 1.82) is 0 Å². The number of amides is 1. The average Bonchev–Trinajstić information content (AvgIpc) is 3.24. The Morgan fingerprint density at radius 2 is 1.96 bits per heavy atom. The maximum atomic E-state index is 12.9. The van der Waals surface area contributed by atoms with Crippen LogP contribution in [0.1, 0.15) is 43.7 Å². The maximum absolute atomic E-state index is 12.9. The number of aryl methyl sites for hydroxylation is 1. The molecule has 1 aliphatic carbocycles. The molecular formula is C18H26N2O3S. The summed E-state index contributed by atoms with van der Waals surface area (Å²) in [5, 5.41) is 0. The van der Waals surface area contributed by atoms with Gasteiger partial charge in [0.1, 0.15) is 0 Å². The molecule has 1 saturated carbocycles. The van der Waals surface area contributed by atoms with Crippen molar-refractivity contribution in [2.24, 2.45) is 0 Å².